The molecule has 4 rings (SSSR count). The molecule has 2 aromatic carbocycles. The van der Waals surface area contributed by atoms with Gasteiger partial charge in [-0.3, -0.25) is 9.59 Å². The van der Waals surface area contributed by atoms with E-state index in [1.165, 1.54) is 37.5 Å². The summed E-state index contributed by atoms with van der Waals surface area (Å²) in [5, 5.41) is 4.86. The van der Waals surface area contributed by atoms with Crippen LogP contribution in [0.3, 0.4) is 0 Å². The maximum atomic E-state index is 13.7. The van der Waals surface area contributed by atoms with E-state index in [4.69, 9.17) is 0 Å². The fourth-order valence-corrected chi connectivity index (χ4v) is 3.71. The Morgan fingerprint density at radius 2 is 1.74 bits per heavy atom. The monoisotopic (exact) mass is 422 g/mol. The highest BCUT2D eigenvalue weighted by molar-refractivity contribution is 6.15. The predicted octanol–water partition coefficient (Wildman–Crippen LogP) is 3.35. The average Bonchev–Trinajstić information content (AvgIpc) is 3.04. The number of anilines is 2. The number of nitrogens with zero attached hydrogens (tertiary/aromatic N) is 2. The van der Waals surface area contributed by atoms with Gasteiger partial charge in [0.05, 0.1) is 5.69 Å². The molecule has 31 heavy (non-hydrogen) atoms. The fourth-order valence-electron chi connectivity index (χ4n) is 3.71. The molecule has 0 bridgehead atoms. The van der Waals surface area contributed by atoms with Gasteiger partial charge in [0.2, 0.25) is 5.91 Å². The third-order valence-corrected chi connectivity index (χ3v) is 5.34. The second kappa shape index (κ2) is 8.99. The quantitative estimate of drug-likeness (QED) is 0.572. The molecule has 2 aliphatic heterocycles. The van der Waals surface area contributed by atoms with Crippen LogP contribution in [0.1, 0.15) is 24.8 Å². The molecule has 0 radical (unpaired) electrons. The van der Waals surface area contributed by atoms with Crippen LogP contribution in [0, 0.1) is 5.82 Å². The lowest BCUT2D eigenvalue weighted by Gasteiger charge is -2.28. The summed E-state index contributed by atoms with van der Waals surface area (Å²) in [6, 6.07) is 12.8. The van der Waals surface area contributed by atoms with E-state index in [0.29, 0.717) is 0 Å². The van der Waals surface area contributed by atoms with Gasteiger partial charge >= 0.3 is 6.03 Å². The Morgan fingerprint density at radius 3 is 2.45 bits per heavy atom. The number of halogens is 1. The summed E-state index contributed by atoms with van der Waals surface area (Å²) in [6.07, 6.45) is 5.21. The number of carbonyl (C=O) groups is 3. The van der Waals surface area contributed by atoms with Crippen LogP contribution in [0.15, 0.2) is 54.2 Å². The molecule has 2 fully saturated rings. The van der Waals surface area contributed by atoms with E-state index in [9.17, 15) is 18.8 Å². The Hall–Kier alpha value is -3.68. The second-order valence-corrected chi connectivity index (χ2v) is 7.55. The summed E-state index contributed by atoms with van der Waals surface area (Å²) in [4.78, 5) is 40.1. The average molecular weight is 422 g/mol. The van der Waals surface area contributed by atoms with Crippen LogP contribution in [0.4, 0.5) is 20.6 Å². The summed E-state index contributed by atoms with van der Waals surface area (Å²) < 4.78 is 13.7. The summed E-state index contributed by atoms with van der Waals surface area (Å²) in [5.74, 6) is -1.86. The number of piperidine rings is 1. The van der Waals surface area contributed by atoms with Crippen LogP contribution in [0.25, 0.3) is 6.08 Å². The van der Waals surface area contributed by atoms with Crippen LogP contribution < -0.4 is 15.5 Å². The van der Waals surface area contributed by atoms with Crippen molar-refractivity contribution in [3.05, 3.63) is 65.6 Å². The van der Waals surface area contributed by atoms with Gasteiger partial charge in [0.25, 0.3) is 5.91 Å². The van der Waals surface area contributed by atoms with E-state index < -0.39 is 30.2 Å². The molecule has 0 aromatic heterocycles. The molecule has 0 aliphatic carbocycles. The SMILES string of the molecule is O=C(CN1C(=O)NC(=Cc2ccc(N3CCCCC3)cc2)C1=O)Nc1ccccc1F. The lowest BCUT2D eigenvalue weighted by Crippen LogP contribution is -2.38. The highest BCUT2D eigenvalue weighted by Crippen LogP contribution is 2.22. The minimum absolute atomic E-state index is 0.0101. The number of urea groups is 1. The van der Waals surface area contributed by atoms with Crippen molar-refractivity contribution in [1.29, 1.82) is 0 Å². The maximum Gasteiger partial charge on any atom is 0.329 e. The zero-order chi connectivity index (χ0) is 21.8. The predicted molar refractivity (Wildman–Crippen MR) is 116 cm³/mol. The molecule has 7 nitrogen and oxygen atoms in total. The smallest absolute Gasteiger partial charge is 0.329 e. The van der Waals surface area contributed by atoms with E-state index in [-0.39, 0.29) is 11.4 Å². The van der Waals surface area contributed by atoms with Gasteiger partial charge in [-0.2, -0.15) is 0 Å². The van der Waals surface area contributed by atoms with Crippen molar-refractivity contribution < 1.29 is 18.8 Å². The van der Waals surface area contributed by atoms with Crippen molar-refractivity contribution in [2.45, 2.75) is 19.3 Å². The Morgan fingerprint density at radius 1 is 1.03 bits per heavy atom. The Bertz CT molecular complexity index is 1030. The van der Waals surface area contributed by atoms with Gasteiger partial charge in [-0.15, -0.1) is 0 Å². The van der Waals surface area contributed by atoms with Crippen molar-refractivity contribution in [3.8, 4) is 0 Å². The molecular weight excluding hydrogens is 399 g/mol. The van der Waals surface area contributed by atoms with Crippen LogP contribution >= 0.6 is 0 Å². The van der Waals surface area contributed by atoms with Crippen molar-refractivity contribution in [3.63, 3.8) is 0 Å². The van der Waals surface area contributed by atoms with Gasteiger partial charge in [0.1, 0.15) is 18.1 Å². The molecule has 8 heteroatoms. The number of nitrogens with one attached hydrogen (secondary N) is 2. The topological polar surface area (TPSA) is 81.8 Å². The molecule has 2 heterocycles. The van der Waals surface area contributed by atoms with Crippen molar-refractivity contribution >= 4 is 35.3 Å². The molecule has 0 unspecified atom stereocenters. The Labute approximate surface area is 179 Å². The maximum absolute atomic E-state index is 13.7. The zero-order valence-electron chi connectivity index (χ0n) is 16.9. The molecule has 2 saturated heterocycles. The number of imide groups is 1. The van der Waals surface area contributed by atoms with Gasteiger partial charge in [-0.1, -0.05) is 24.3 Å². The largest absolute Gasteiger partial charge is 0.372 e. The number of hydrogen-bond donors (Lipinski definition) is 2. The standard InChI is InChI=1S/C23H23FN4O3/c24-18-6-2-3-7-19(18)25-21(29)15-28-22(30)20(26-23(28)31)14-16-8-10-17(11-9-16)27-12-4-1-5-13-27/h2-3,6-11,14H,1,4-5,12-13,15H2,(H,25,29)(H,26,31). The van der Waals surface area contributed by atoms with Crippen LogP contribution in [-0.4, -0.2) is 42.4 Å². The molecule has 2 aliphatic rings. The first-order valence-corrected chi connectivity index (χ1v) is 10.3. The molecule has 2 N–H and O–H groups in total. The van der Waals surface area contributed by atoms with Crippen LogP contribution in [0.5, 0.6) is 0 Å². The van der Waals surface area contributed by atoms with Crippen molar-refractivity contribution in [1.82, 2.24) is 10.2 Å². The molecule has 0 saturated carbocycles. The number of rotatable bonds is 5. The van der Waals surface area contributed by atoms with E-state index in [2.05, 4.69) is 15.5 Å². The van der Waals surface area contributed by atoms with Gasteiger partial charge in [0, 0.05) is 18.8 Å². The second-order valence-electron chi connectivity index (χ2n) is 7.55. The van der Waals surface area contributed by atoms with Crippen molar-refractivity contribution in [2.24, 2.45) is 0 Å². The number of hydrogen-bond acceptors (Lipinski definition) is 4. The third-order valence-electron chi connectivity index (χ3n) is 5.34. The van der Waals surface area contributed by atoms with Crippen molar-refractivity contribution in [2.75, 3.05) is 29.9 Å². The lowest BCUT2D eigenvalue weighted by atomic mass is 10.1. The third kappa shape index (κ3) is 4.74. The Kier molecular flexibility index (Phi) is 5.97. The number of benzene rings is 2. The summed E-state index contributed by atoms with van der Waals surface area (Å²) in [7, 11) is 0. The molecule has 0 spiro atoms. The first-order valence-electron chi connectivity index (χ1n) is 10.3. The minimum atomic E-state index is -0.690. The molecular formula is C23H23FN4O3. The first-order chi connectivity index (χ1) is 15.0. The van der Waals surface area contributed by atoms with Gasteiger partial charge in [-0.25, -0.2) is 14.1 Å². The van der Waals surface area contributed by atoms with E-state index in [1.54, 1.807) is 12.1 Å². The first kappa shape index (κ1) is 20.6. The highest BCUT2D eigenvalue weighted by Gasteiger charge is 2.35. The summed E-state index contributed by atoms with van der Waals surface area (Å²) in [6.45, 7) is 1.57. The number of amides is 4. The van der Waals surface area contributed by atoms with Gasteiger partial charge < -0.3 is 15.5 Å². The molecule has 2 aromatic rings. The number of para-hydroxylation sites is 1. The summed E-state index contributed by atoms with van der Waals surface area (Å²) >= 11 is 0. The van der Waals surface area contributed by atoms with E-state index in [1.807, 2.05) is 24.3 Å². The zero-order valence-corrected chi connectivity index (χ0v) is 16.9. The summed E-state index contributed by atoms with van der Waals surface area (Å²) in [5.41, 5.74) is 1.98. The molecule has 4 amide bonds. The number of carbonyl (C=O) groups excluding carboxylic acids is 3. The van der Waals surface area contributed by atoms with Crippen LogP contribution in [0.2, 0.25) is 0 Å². The molecule has 160 valence electrons. The normalized spacial score (nSPS) is 17.8. The Balaban J connectivity index is 1.41. The minimum Gasteiger partial charge on any atom is -0.372 e. The van der Waals surface area contributed by atoms with Crippen LogP contribution in [-0.2, 0) is 9.59 Å². The molecule has 0 atom stereocenters. The highest BCUT2D eigenvalue weighted by atomic mass is 19.1. The van der Waals surface area contributed by atoms with E-state index in [0.717, 1.165) is 29.2 Å². The van der Waals surface area contributed by atoms with E-state index >= 15 is 0 Å². The van der Waals surface area contributed by atoms with Gasteiger partial charge in [0.15, 0.2) is 0 Å². The van der Waals surface area contributed by atoms with Gasteiger partial charge in [-0.05, 0) is 55.2 Å². The fraction of sp³-hybridized carbons (Fsp3) is 0.261. The lowest BCUT2D eigenvalue weighted by molar-refractivity contribution is -0.127.